The van der Waals surface area contributed by atoms with Gasteiger partial charge in [-0.1, -0.05) is 0 Å². The van der Waals surface area contributed by atoms with E-state index in [0.29, 0.717) is 0 Å². The summed E-state index contributed by atoms with van der Waals surface area (Å²) in [7, 11) is 0. The van der Waals surface area contributed by atoms with Crippen LogP contribution < -0.4 is 0 Å². The zero-order chi connectivity index (χ0) is 17.9. The normalized spacial score (nSPS) is 42.4. The Labute approximate surface area is 96.1 Å². The van der Waals surface area contributed by atoms with Crippen molar-refractivity contribution in [1.82, 2.24) is 4.90 Å². The maximum absolute atomic E-state index is 12.1. The second-order valence-corrected chi connectivity index (χ2v) is 3.73. The molecule has 4 nitrogen and oxygen atoms in total. The van der Waals surface area contributed by atoms with Crippen LogP contribution >= 0.6 is 0 Å². The molecule has 14 heavy (non-hydrogen) atoms. The molecule has 0 aromatic heterocycles. The van der Waals surface area contributed by atoms with E-state index in [1.54, 1.807) is 0 Å². The Morgan fingerprint density at radius 2 is 2.00 bits per heavy atom. The van der Waals surface area contributed by atoms with E-state index in [1.165, 1.54) is 20.8 Å². The number of rotatable bonds is 0. The van der Waals surface area contributed by atoms with Gasteiger partial charge in [-0.15, -0.1) is 0 Å². The van der Waals surface area contributed by atoms with Gasteiger partial charge in [-0.3, -0.25) is 0 Å². The van der Waals surface area contributed by atoms with E-state index in [2.05, 4.69) is 0 Å². The van der Waals surface area contributed by atoms with Crippen LogP contribution in [0.15, 0.2) is 0 Å². The lowest BCUT2D eigenvalue weighted by molar-refractivity contribution is 0.0101. The number of carbonyl (C=O) groups is 1. The van der Waals surface area contributed by atoms with Crippen LogP contribution in [0.25, 0.3) is 0 Å². The summed E-state index contributed by atoms with van der Waals surface area (Å²) in [6.45, 7) is -2.33. The Hall–Kier alpha value is -0.770. The summed E-state index contributed by atoms with van der Waals surface area (Å²) in [5.74, 6) is 0. The molecule has 1 saturated heterocycles. The Morgan fingerprint density at radius 1 is 1.50 bits per heavy atom. The topological polar surface area (TPSA) is 49.8 Å². The number of hydrogen-bond donors (Lipinski definition) is 1. The van der Waals surface area contributed by atoms with Crippen molar-refractivity contribution in [2.45, 2.75) is 45.2 Å². The average molecular weight is 209 g/mol. The molecule has 0 saturated carbocycles. The SMILES string of the molecule is [2H]C1([2H])C(O)C([2H])([2H])C([2H])([2H])N(C(=O)OC(C)(C)C)C1([2H])[2H]. The summed E-state index contributed by atoms with van der Waals surface area (Å²) in [4.78, 5) is 11.9. The van der Waals surface area contributed by atoms with Crippen molar-refractivity contribution in [2.75, 3.05) is 13.0 Å². The number of amides is 1. The highest BCUT2D eigenvalue weighted by atomic mass is 16.6. The van der Waals surface area contributed by atoms with Crippen molar-refractivity contribution in [3.8, 4) is 0 Å². The summed E-state index contributed by atoms with van der Waals surface area (Å²) in [6.07, 6.45) is -10.7. The zero-order valence-electron chi connectivity index (χ0n) is 16.3. The molecule has 0 spiro atoms. The van der Waals surface area contributed by atoms with Gasteiger partial charge in [-0.25, -0.2) is 4.79 Å². The third kappa shape index (κ3) is 3.54. The first-order chi connectivity index (χ1) is 9.40. The summed E-state index contributed by atoms with van der Waals surface area (Å²) in [5.41, 5.74) is -1.13. The molecule has 0 unspecified atom stereocenters. The number of nitrogens with zero attached hydrogens (tertiary/aromatic N) is 1. The van der Waals surface area contributed by atoms with Gasteiger partial charge >= 0.3 is 6.09 Å². The van der Waals surface area contributed by atoms with Gasteiger partial charge in [-0.05, 0) is 33.5 Å². The molecular formula is C10H19NO3. The van der Waals surface area contributed by atoms with E-state index in [1.807, 2.05) is 0 Å². The van der Waals surface area contributed by atoms with Crippen LogP contribution in [-0.4, -0.2) is 40.8 Å². The fraction of sp³-hybridized carbons (Fsp3) is 0.900. The van der Waals surface area contributed by atoms with Crippen molar-refractivity contribution in [2.24, 2.45) is 0 Å². The van der Waals surface area contributed by atoms with Crippen molar-refractivity contribution >= 4 is 6.09 Å². The maximum Gasteiger partial charge on any atom is 0.410 e. The molecule has 0 aliphatic carbocycles. The molecular weight excluding hydrogens is 182 g/mol. The van der Waals surface area contributed by atoms with E-state index in [9.17, 15) is 9.90 Å². The van der Waals surface area contributed by atoms with Gasteiger partial charge in [0.25, 0.3) is 0 Å². The summed E-state index contributed by atoms with van der Waals surface area (Å²) in [5, 5.41) is 9.76. The van der Waals surface area contributed by atoms with Gasteiger partial charge in [0.05, 0.1) is 6.10 Å². The van der Waals surface area contributed by atoms with Crippen molar-refractivity contribution in [1.29, 1.82) is 0 Å². The van der Waals surface area contributed by atoms with E-state index >= 15 is 0 Å². The minimum absolute atomic E-state index is 0.252. The average Bonchev–Trinajstić information content (AvgIpc) is 2.22. The maximum atomic E-state index is 12.1. The number of ether oxygens (including phenoxy) is 1. The minimum Gasteiger partial charge on any atom is -0.444 e. The van der Waals surface area contributed by atoms with Gasteiger partial charge in [-0.2, -0.15) is 0 Å². The highest BCUT2D eigenvalue weighted by Crippen LogP contribution is 2.14. The van der Waals surface area contributed by atoms with Gasteiger partial charge in [0.1, 0.15) is 5.60 Å². The molecule has 0 radical (unpaired) electrons. The van der Waals surface area contributed by atoms with Crippen molar-refractivity contribution in [3.05, 3.63) is 0 Å². The number of carbonyl (C=O) groups excluding carboxylic acids is 1. The summed E-state index contributed by atoms with van der Waals surface area (Å²) >= 11 is 0. The smallest absolute Gasteiger partial charge is 0.410 e. The van der Waals surface area contributed by atoms with Gasteiger partial charge < -0.3 is 14.7 Å². The molecule has 1 rings (SSSR count). The van der Waals surface area contributed by atoms with Crippen LogP contribution in [0.3, 0.4) is 0 Å². The van der Waals surface area contributed by atoms with E-state index in [4.69, 9.17) is 15.7 Å². The predicted octanol–water partition coefficient (Wildman–Crippen LogP) is 1.38. The highest BCUT2D eigenvalue weighted by molar-refractivity contribution is 5.68. The first-order valence-electron chi connectivity index (χ1n) is 8.12. The second-order valence-electron chi connectivity index (χ2n) is 3.73. The van der Waals surface area contributed by atoms with Crippen LogP contribution in [0.2, 0.25) is 0 Å². The molecule has 1 aliphatic rings. The zero-order valence-corrected chi connectivity index (χ0v) is 8.29. The Balaban J connectivity index is 3.48. The lowest BCUT2D eigenvalue weighted by Gasteiger charge is -2.31. The number of likely N-dealkylation sites (tertiary alicyclic amines) is 1. The second kappa shape index (κ2) is 4.17. The van der Waals surface area contributed by atoms with E-state index < -0.39 is 43.5 Å². The molecule has 1 amide bonds. The minimum atomic E-state index is -3.33. The third-order valence-corrected chi connectivity index (χ3v) is 1.20. The van der Waals surface area contributed by atoms with E-state index in [0.717, 1.165) is 0 Å². The molecule has 1 N–H and O–H groups in total. The molecule has 0 atom stereocenters. The van der Waals surface area contributed by atoms with E-state index in [-0.39, 0.29) is 4.90 Å². The lowest BCUT2D eigenvalue weighted by atomic mass is 10.1. The Bertz CT molecular complexity index is 445. The van der Waals surface area contributed by atoms with Crippen molar-refractivity contribution < 1.29 is 25.6 Å². The number of piperidine rings is 1. The first kappa shape index (κ1) is 4.39. The molecule has 1 aliphatic heterocycles. The van der Waals surface area contributed by atoms with Gasteiger partial charge in [0.15, 0.2) is 0 Å². The Kier molecular flexibility index (Phi) is 1.31. The number of hydrogen-bond acceptors (Lipinski definition) is 3. The molecule has 0 bridgehead atoms. The molecule has 0 aromatic carbocycles. The predicted molar refractivity (Wildman–Crippen MR) is 53.0 cm³/mol. The first-order valence-corrected chi connectivity index (χ1v) is 4.12. The molecule has 0 aromatic rings. The number of aliphatic hydroxyl groups is 1. The number of aliphatic hydroxyl groups excluding tert-OH is 1. The van der Waals surface area contributed by atoms with Gasteiger partial charge in [0.2, 0.25) is 0 Å². The molecule has 82 valence electrons. The molecule has 1 fully saturated rings. The quantitative estimate of drug-likeness (QED) is 0.655. The highest BCUT2D eigenvalue weighted by Gasteiger charge is 2.25. The van der Waals surface area contributed by atoms with Crippen LogP contribution in [0.1, 0.15) is 44.5 Å². The monoisotopic (exact) mass is 209 g/mol. The Morgan fingerprint density at radius 3 is 2.43 bits per heavy atom. The standard InChI is InChI=1S/C10H19NO3/c1-10(2,3)14-9(13)11-6-4-8(12)5-7-11/h8,12H,4-7H2,1-3H3/i4D2,5D2,6D2,7D2. The summed E-state index contributed by atoms with van der Waals surface area (Å²) in [6, 6.07) is 0. The molecule has 1 heterocycles. The van der Waals surface area contributed by atoms with Crippen LogP contribution in [0.4, 0.5) is 4.79 Å². The molecule has 4 heteroatoms. The van der Waals surface area contributed by atoms with Crippen molar-refractivity contribution in [3.63, 3.8) is 0 Å². The fourth-order valence-corrected chi connectivity index (χ4v) is 0.714. The third-order valence-electron chi connectivity index (χ3n) is 1.20. The summed E-state index contributed by atoms with van der Waals surface area (Å²) < 4.78 is 66.2. The van der Waals surface area contributed by atoms with Crippen LogP contribution in [-0.2, 0) is 4.74 Å². The van der Waals surface area contributed by atoms with Crippen LogP contribution in [0, 0.1) is 0 Å². The largest absolute Gasteiger partial charge is 0.444 e. The van der Waals surface area contributed by atoms with Crippen LogP contribution in [0.5, 0.6) is 0 Å². The fourth-order valence-electron chi connectivity index (χ4n) is 0.714. The lowest BCUT2D eigenvalue weighted by Crippen LogP contribution is -2.42. The van der Waals surface area contributed by atoms with Gasteiger partial charge in [0, 0.05) is 24.0 Å².